The number of para-hydroxylation sites is 1. The molecule has 0 fully saturated rings. The fourth-order valence-corrected chi connectivity index (χ4v) is 4.74. The van der Waals surface area contributed by atoms with Gasteiger partial charge in [-0.3, -0.25) is 4.79 Å². The van der Waals surface area contributed by atoms with E-state index >= 15 is 0 Å². The average Bonchev–Trinajstić information content (AvgIpc) is 3.34. The van der Waals surface area contributed by atoms with Gasteiger partial charge in [-0.05, 0) is 57.5 Å². The van der Waals surface area contributed by atoms with Gasteiger partial charge in [-0.25, -0.2) is 10.2 Å². The third kappa shape index (κ3) is 6.82. The number of aromatic amines is 1. The first-order valence-electron chi connectivity index (χ1n) is 11.7. The third-order valence-corrected chi connectivity index (χ3v) is 6.57. The fourth-order valence-electron chi connectivity index (χ4n) is 3.90. The van der Waals surface area contributed by atoms with Gasteiger partial charge in [-0.15, -0.1) is 0 Å². The van der Waals surface area contributed by atoms with Crippen molar-refractivity contribution in [1.82, 2.24) is 15.7 Å². The van der Waals surface area contributed by atoms with E-state index in [9.17, 15) is 9.59 Å². The van der Waals surface area contributed by atoms with Crippen LogP contribution in [0.4, 0.5) is 4.79 Å². The predicted octanol–water partition coefficient (Wildman–Crippen LogP) is 4.78. The highest BCUT2D eigenvalue weighted by molar-refractivity contribution is 14.1. The van der Waals surface area contributed by atoms with Crippen LogP contribution < -0.4 is 20.2 Å². The van der Waals surface area contributed by atoms with Crippen molar-refractivity contribution >= 4 is 51.7 Å². The van der Waals surface area contributed by atoms with Gasteiger partial charge in [0.05, 0.1) is 24.0 Å². The minimum Gasteiger partial charge on any atom is -0.493 e. The fraction of sp³-hybridized carbons (Fsp3) is 0.179. The summed E-state index contributed by atoms with van der Waals surface area (Å²) in [7, 11) is 3.12. The summed E-state index contributed by atoms with van der Waals surface area (Å²) in [4.78, 5) is 28.9. The van der Waals surface area contributed by atoms with E-state index in [1.54, 1.807) is 20.3 Å². The molecule has 3 N–H and O–H groups in total. The Bertz CT molecular complexity index is 1440. The first kappa shape index (κ1) is 27.0. The van der Waals surface area contributed by atoms with Gasteiger partial charge in [0.25, 0.3) is 5.91 Å². The SMILES string of the molecule is COc1cc(/C=N\NC(=O)[C@H](Cc2c[nH]c3ccccc23)NC(=O)OCc2ccccc2)cc(I)c1OC. The average molecular weight is 626 g/mol. The number of carbonyl (C=O) groups is 2. The minimum atomic E-state index is -0.930. The lowest BCUT2D eigenvalue weighted by Crippen LogP contribution is -2.47. The highest BCUT2D eigenvalue weighted by atomic mass is 127. The van der Waals surface area contributed by atoms with Crippen molar-refractivity contribution in [2.24, 2.45) is 5.10 Å². The standard InChI is InChI=1S/C28H27IN4O5/c1-36-25-13-19(12-22(29)26(25)37-2)15-31-33-27(34)24(14-20-16-30-23-11-7-6-10-21(20)23)32-28(35)38-17-18-8-4-3-5-9-18/h3-13,15-16,24,30H,14,17H2,1-2H3,(H,32,35)(H,33,34)/b31-15-/t24-/m0/s1. The molecule has 3 aromatic carbocycles. The number of nitrogens with zero attached hydrogens (tertiary/aromatic N) is 1. The number of methoxy groups -OCH3 is 2. The molecule has 0 aliphatic carbocycles. The number of fused-ring (bicyclic) bond motifs is 1. The highest BCUT2D eigenvalue weighted by Crippen LogP contribution is 2.33. The number of alkyl carbamates (subject to hydrolysis) is 1. The summed E-state index contributed by atoms with van der Waals surface area (Å²) in [5.41, 5.74) is 5.90. The van der Waals surface area contributed by atoms with Crippen molar-refractivity contribution in [3.05, 3.63) is 93.2 Å². The molecule has 1 heterocycles. The van der Waals surface area contributed by atoms with Gasteiger partial charge in [0.15, 0.2) is 11.5 Å². The molecule has 1 atom stereocenters. The van der Waals surface area contributed by atoms with Crippen molar-refractivity contribution in [1.29, 1.82) is 0 Å². The van der Waals surface area contributed by atoms with Crippen molar-refractivity contribution in [2.75, 3.05) is 14.2 Å². The number of aromatic nitrogens is 1. The van der Waals surface area contributed by atoms with Crippen molar-refractivity contribution in [3.8, 4) is 11.5 Å². The first-order valence-corrected chi connectivity index (χ1v) is 12.8. The monoisotopic (exact) mass is 626 g/mol. The minimum absolute atomic E-state index is 0.0875. The molecule has 0 bridgehead atoms. The van der Waals surface area contributed by atoms with Crippen LogP contribution in [0.2, 0.25) is 0 Å². The van der Waals surface area contributed by atoms with Crippen LogP contribution >= 0.6 is 22.6 Å². The Balaban J connectivity index is 1.48. The molecule has 38 heavy (non-hydrogen) atoms. The van der Waals surface area contributed by atoms with Gasteiger partial charge in [-0.1, -0.05) is 48.5 Å². The lowest BCUT2D eigenvalue weighted by atomic mass is 10.0. The number of ether oxygens (including phenoxy) is 3. The van der Waals surface area contributed by atoms with Crippen LogP contribution in [-0.4, -0.2) is 43.5 Å². The van der Waals surface area contributed by atoms with Crippen LogP contribution in [0.25, 0.3) is 10.9 Å². The molecular weight excluding hydrogens is 599 g/mol. The maximum Gasteiger partial charge on any atom is 0.408 e. The lowest BCUT2D eigenvalue weighted by molar-refractivity contribution is -0.123. The molecule has 0 saturated heterocycles. The second-order valence-corrected chi connectivity index (χ2v) is 9.46. The predicted molar refractivity (Wildman–Crippen MR) is 154 cm³/mol. The van der Waals surface area contributed by atoms with Gasteiger partial charge in [-0.2, -0.15) is 5.10 Å². The van der Waals surface area contributed by atoms with E-state index < -0.39 is 18.0 Å². The Morgan fingerprint density at radius 3 is 2.58 bits per heavy atom. The van der Waals surface area contributed by atoms with Gasteiger partial charge >= 0.3 is 6.09 Å². The number of benzene rings is 3. The molecule has 1 aromatic heterocycles. The van der Waals surface area contributed by atoms with Gasteiger partial charge in [0.1, 0.15) is 12.6 Å². The molecule has 0 unspecified atom stereocenters. The molecule has 4 aromatic rings. The van der Waals surface area contributed by atoms with E-state index in [0.29, 0.717) is 17.1 Å². The Morgan fingerprint density at radius 2 is 1.82 bits per heavy atom. The molecular formula is C28H27IN4O5. The number of nitrogens with one attached hydrogen (secondary N) is 3. The normalized spacial score (nSPS) is 11.8. The Hall–Kier alpha value is -4.06. The van der Waals surface area contributed by atoms with Crippen molar-refractivity contribution < 1.29 is 23.8 Å². The van der Waals surface area contributed by atoms with Crippen LogP contribution in [0.15, 0.2) is 78.0 Å². The molecule has 2 amide bonds. The van der Waals surface area contributed by atoms with Crippen LogP contribution in [0.5, 0.6) is 11.5 Å². The number of hydrazone groups is 1. The maximum atomic E-state index is 13.1. The van der Waals surface area contributed by atoms with Crippen LogP contribution in [0, 0.1) is 3.57 Å². The first-order chi connectivity index (χ1) is 18.5. The van der Waals surface area contributed by atoms with Crippen LogP contribution in [0.1, 0.15) is 16.7 Å². The number of rotatable bonds is 10. The smallest absolute Gasteiger partial charge is 0.408 e. The molecule has 10 heteroatoms. The zero-order chi connectivity index (χ0) is 26.9. The molecule has 0 aliphatic heterocycles. The summed E-state index contributed by atoms with van der Waals surface area (Å²) in [6.45, 7) is 0.0875. The zero-order valence-corrected chi connectivity index (χ0v) is 23.0. The Morgan fingerprint density at radius 1 is 1.05 bits per heavy atom. The summed E-state index contributed by atoms with van der Waals surface area (Å²) < 4.78 is 16.9. The van der Waals surface area contributed by atoms with Gasteiger partial charge in [0, 0.05) is 23.5 Å². The molecule has 0 aliphatic rings. The largest absolute Gasteiger partial charge is 0.493 e. The number of carbonyl (C=O) groups excluding carboxylic acids is 2. The quantitative estimate of drug-likeness (QED) is 0.133. The number of amides is 2. The van der Waals surface area contributed by atoms with E-state index in [-0.39, 0.29) is 13.0 Å². The van der Waals surface area contributed by atoms with E-state index in [1.165, 1.54) is 6.21 Å². The Kier molecular flexibility index (Phi) is 9.20. The zero-order valence-electron chi connectivity index (χ0n) is 20.9. The van der Waals surface area contributed by atoms with E-state index in [0.717, 1.165) is 25.6 Å². The topological polar surface area (TPSA) is 114 Å². The molecule has 0 saturated carbocycles. The van der Waals surface area contributed by atoms with Gasteiger partial charge < -0.3 is 24.5 Å². The second kappa shape index (κ2) is 13.0. The number of hydrogen-bond donors (Lipinski definition) is 3. The Labute approximate surface area is 233 Å². The maximum absolute atomic E-state index is 13.1. The molecule has 0 spiro atoms. The number of H-pyrrole nitrogens is 1. The second-order valence-electron chi connectivity index (χ2n) is 8.29. The molecule has 0 radical (unpaired) electrons. The summed E-state index contributed by atoms with van der Waals surface area (Å²) >= 11 is 2.14. The van der Waals surface area contributed by atoms with Crippen LogP contribution in [0.3, 0.4) is 0 Å². The number of hydrogen-bond acceptors (Lipinski definition) is 6. The van der Waals surface area contributed by atoms with E-state index in [1.807, 2.05) is 66.9 Å². The summed E-state index contributed by atoms with van der Waals surface area (Å²) in [6, 6.07) is 19.7. The van der Waals surface area contributed by atoms with Crippen molar-refractivity contribution in [3.63, 3.8) is 0 Å². The van der Waals surface area contributed by atoms with Crippen LogP contribution in [-0.2, 0) is 22.6 Å². The molecule has 196 valence electrons. The van der Waals surface area contributed by atoms with E-state index in [2.05, 4.69) is 43.4 Å². The lowest BCUT2D eigenvalue weighted by Gasteiger charge is -2.17. The number of halogens is 1. The third-order valence-electron chi connectivity index (χ3n) is 5.76. The molecule has 4 rings (SSSR count). The molecule has 9 nitrogen and oxygen atoms in total. The van der Waals surface area contributed by atoms with Gasteiger partial charge in [0.2, 0.25) is 0 Å². The highest BCUT2D eigenvalue weighted by Gasteiger charge is 2.23. The summed E-state index contributed by atoms with van der Waals surface area (Å²) in [6.07, 6.45) is 2.86. The van der Waals surface area contributed by atoms with E-state index in [4.69, 9.17) is 14.2 Å². The summed E-state index contributed by atoms with van der Waals surface area (Å²) in [5, 5.41) is 7.75. The van der Waals surface area contributed by atoms with Crippen molar-refractivity contribution in [2.45, 2.75) is 19.1 Å². The summed E-state index contributed by atoms with van der Waals surface area (Å²) in [5.74, 6) is 0.678.